The Bertz CT molecular complexity index is 172. The van der Waals surface area contributed by atoms with Crippen LogP contribution in [0.4, 0.5) is 0 Å². The van der Waals surface area contributed by atoms with E-state index in [-0.39, 0.29) is 0 Å². The molecule has 0 aromatic heterocycles. The zero-order chi connectivity index (χ0) is 8.88. The zero-order valence-corrected chi connectivity index (χ0v) is 6.25. The molecular formula is C6H12N2O4. The smallest absolute Gasteiger partial charge is 0.109 e. The summed E-state index contributed by atoms with van der Waals surface area (Å²) in [6, 6.07) is -1.21. The summed E-state index contributed by atoms with van der Waals surface area (Å²) in [6.45, 7) is 0. The van der Waals surface area contributed by atoms with Gasteiger partial charge in [-0.3, -0.25) is 0 Å². The summed E-state index contributed by atoms with van der Waals surface area (Å²) in [4.78, 5) is 0. The van der Waals surface area contributed by atoms with Crippen LogP contribution in [-0.4, -0.2) is 56.9 Å². The van der Waals surface area contributed by atoms with E-state index in [0.717, 1.165) is 0 Å². The second kappa shape index (κ2) is 2.63. The highest BCUT2D eigenvalue weighted by Crippen LogP contribution is 2.24. The molecule has 6 N–H and O–H groups in total. The Hall–Kier alpha value is -0.240. The van der Waals surface area contributed by atoms with E-state index in [2.05, 4.69) is 10.9 Å². The lowest BCUT2D eigenvalue weighted by Crippen LogP contribution is -2.61. The van der Waals surface area contributed by atoms with Crippen molar-refractivity contribution in [3.05, 3.63) is 0 Å². The average molecular weight is 176 g/mol. The maximum atomic E-state index is 9.41. The number of hydrogen-bond donors (Lipinski definition) is 6. The van der Waals surface area contributed by atoms with Crippen molar-refractivity contribution in [2.45, 2.75) is 36.5 Å². The molecule has 1 aliphatic heterocycles. The molecule has 6 nitrogen and oxygen atoms in total. The molecule has 2 bridgehead atoms. The van der Waals surface area contributed by atoms with Gasteiger partial charge < -0.3 is 20.4 Å². The van der Waals surface area contributed by atoms with Gasteiger partial charge in [0.1, 0.15) is 18.3 Å². The van der Waals surface area contributed by atoms with E-state index in [1.165, 1.54) is 0 Å². The van der Waals surface area contributed by atoms with Gasteiger partial charge >= 0.3 is 0 Å². The van der Waals surface area contributed by atoms with Crippen LogP contribution in [0.5, 0.6) is 0 Å². The van der Waals surface area contributed by atoms with E-state index in [0.29, 0.717) is 0 Å². The molecule has 6 heteroatoms. The zero-order valence-electron chi connectivity index (χ0n) is 6.25. The summed E-state index contributed by atoms with van der Waals surface area (Å²) in [5.74, 6) is 0. The van der Waals surface area contributed by atoms with E-state index in [1.54, 1.807) is 0 Å². The maximum Gasteiger partial charge on any atom is 0.109 e. The number of hydrogen-bond acceptors (Lipinski definition) is 6. The summed E-state index contributed by atoms with van der Waals surface area (Å²) in [7, 11) is 0. The fourth-order valence-corrected chi connectivity index (χ4v) is 1.79. The Balaban J connectivity index is 2.23. The number of aliphatic hydroxyl groups is 4. The van der Waals surface area contributed by atoms with Crippen molar-refractivity contribution in [3.8, 4) is 0 Å². The summed E-state index contributed by atoms with van der Waals surface area (Å²) in [5, 5.41) is 37.3. The molecule has 1 aliphatic carbocycles. The summed E-state index contributed by atoms with van der Waals surface area (Å²) < 4.78 is 0. The van der Waals surface area contributed by atoms with Crippen LogP contribution < -0.4 is 10.9 Å². The highest BCUT2D eigenvalue weighted by molar-refractivity contribution is 5.08. The summed E-state index contributed by atoms with van der Waals surface area (Å²) in [6.07, 6.45) is -4.34. The van der Waals surface area contributed by atoms with Crippen LogP contribution in [0.15, 0.2) is 0 Å². The van der Waals surface area contributed by atoms with Crippen LogP contribution in [0.3, 0.4) is 0 Å². The molecule has 1 heterocycles. The highest BCUT2D eigenvalue weighted by Gasteiger charge is 2.52. The molecule has 1 saturated carbocycles. The predicted molar refractivity (Wildman–Crippen MR) is 37.9 cm³/mol. The number of hydrazine groups is 1. The molecule has 2 unspecified atom stereocenters. The quantitative estimate of drug-likeness (QED) is 0.227. The summed E-state index contributed by atoms with van der Waals surface area (Å²) in [5.41, 5.74) is 5.22. The normalized spacial score (nSPS) is 59.0. The first-order valence-corrected chi connectivity index (χ1v) is 3.86. The van der Waals surface area contributed by atoms with Crippen LogP contribution in [0.1, 0.15) is 0 Å². The van der Waals surface area contributed by atoms with Gasteiger partial charge in [0.25, 0.3) is 0 Å². The van der Waals surface area contributed by atoms with Gasteiger partial charge in [0.05, 0.1) is 18.2 Å². The number of aliphatic hydroxyl groups excluding tert-OH is 4. The van der Waals surface area contributed by atoms with Crippen molar-refractivity contribution < 1.29 is 20.4 Å². The van der Waals surface area contributed by atoms with E-state index in [4.69, 9.17) is 0 Å². The Labute approximate surface area is 68.8 Å². The van der Waals surface area contributed by atoms with E-state index < -0.39 is 36.5 Å². The standard InChI is InChI=1S/C6H12N2O4/c9-3-1-4(10)6(12)5(11)2(3)8-7-1/h1-12H/t1-,2+,3?,4-,5-,6?/m0/s1. The Morgan fingerprint density at radius 2 is 1.00 bits per heavy atom. The third-order valence-electron chi connectivity index (χ3n) is 2.59. The van der Waals surface area contributed by atoms with Gasteiger partial charge in [0.2, 0.25) is 0 Å². The minimum atomic E-state index is -1.20. The number of fused-ring (bicyclic) bond motifs is 2. The highest BCUT2D eigenvalue weighted by atomic mass is 16.4. The molecule has 2 fully saturated rings. The first-order valence-electron chi connectivity index (χ1n) is 3.86. The van der Waals surface area contributed by atoms with Crippen molar-refractivity contribution in [2.24, 2.45) is 0 Å². The lowest BCUT2D eigenvalue weighted by atomic mass is 9.84. The number of nitrogens with one attached hydrogen (secondary N) is 2. The molecule has 0 spiro atoms. The molecule has 0 aromatic rings. The fourth-order valence-electron chi connectivity index (χ4n) is 1.79. The van der Waals surface area contributed by atoms with Crippen molar-refractivity contribution in [2.75, 3.05) is 0 Å². The van der Waals surface area contributed by atoms with Crippen molar-refractivity contribution in [3.63, 3.8) is 0 Å². The van der Waals surface area contributed by atoms with Crippen LogP contribution in [0.2, 0.25) is 0 Å². The number of rotatable bonds is 0. The van der Waals surface area contributed by atoms with Crippen LogP contribution >= 0.6 is 0 Å². The van der Waals surface area contributed by atoms with Gasteiger partial charge in [-0.1, -0.05) is 0 Å². The van der Waals surface area contributed by atoms with Crippen molar-refractivity contribution >= 4 is 0 Å². The largest absolute Gasteiger partial charge is 0.390 e. The first-order chi connectivity index (χ1) is 5.63. The maximum absolute atomic E-state index is 9.41. The van der Waals surface area contributed by atoms with Crippen LogP contribution in [0, 0.1) is 0 Å². The monoisotopic (exact) mass is 176 g/mol. The van der Waals surface area contributed by atoms with Gasteiger partial charge in [-0.05, 0) is 0 Å². The molecule has 0 amide bonds. The van der Waals surface area contributed by atoms with Crippen LogP contribution in [-0.2, 0) is 0 Å². The molecule has 70 valence electrons. The third-order valence-corrected chi connectivity index (χ3v) is 2.59. The predicted octanol–water partition coefficient (Wildman–Crippen LogP) is -3.71. The second-order valence-corrected chi connectivity index (χ2v) is 3.30. The SMILES string of the molecule is OC1[C@@H](O)[C@@H]2NN[C@@H](C2O)[C@@H]1O. The minimum absolute atomic E-state index is 0.603. The molecular weight excluding hydrogens is 164 g/mol. The first kappa shape index (κ1) is 8.36. The average Bonchev–Trinajstić information content (AvgIpc) is 2.38. The van der Waals surface area contributed by atoms with Gasteiger partial charge in [-0.15, -0.1) is 0 Å². The molecule has 0 radical (unpaired) electrons. The van der Waals surface area contributed by atoms with E-state index in [1.807, 2.05) is 0 Å². The molecule has 2 aliphatic rings. The molecule has 1 saturated heterocycles. The Kier molecular flexibility index (Phi) is 1.83. The lowest BCUT2D eigenvalue weighted by molar-refractivity contribution is -0.124. The van der Waals surface area contributed by atoms with Crippen molar-refractivity contribution in [1.29, 1.82) is 0 Å². The second-order valence-electron chi connectivity index (χ2n) is 3.30. The van der Waals surface area contributed by atoms with E-state index in [9.17, 15) is 20.4 Å². The van der Waals surface area contributed by atoms with Gasteiger partial charge in [0, 0.05) is 0 Å². The van der Waals surface area contributed by atoms with Crippen LogP contribution in [0.25, 0.3) is 0 Å². The Morgan fingerprint density at radius 1 is 0.583 bits per heavy atom. The minimum Gasteiger partial charge on any atom is -0.390 e. The topological polar surface area (TPSA) is 105 Å². The van der Waals surface area contributed by atoms with E-state index >= 15 is 0 Å². The summed E-state index contributed by atoms with van der Waals surface area (Å²) >= 11 is 0. The Morgan fingerprint density at radius 3 is 1.42 bits per heavy atom. The lowest BCUT2D eigenvalue weighted by Gasteiger charge is -2.35. The van der Waals surface area contributed by atoms with Gasteiger partial charge in [-0.2, -0.15) is 0 Å². The van der Waals surface area contributed by atoms with Gasteiger partial charge in [0.15, 0.2) is 0 Å². The van der Waals surface area contributed by atoms with Crippen molar-refractivity contribution in [1.82, 2.24) is 10.9 Å². The third kappa shape index (κ3) is 0.905. The molecule has 12 heavy (non-hydrogen) atoms. The van der Waals surface area contributed by atoms with Gasteiger partial charge in [-0.25, -0.2) is 10.9 Å². The molecule has 2 rings (SSSR count). The molecule has 0 aromatic carbocycles. The fraction of sp³-hybridized carbons (Fsp3) is 1.00. The molecule has 6 atom stereocenters.